The van der Waals surface area contributed by atoms with Crippen LogP contribution in [0.4, 0.5) is 0 Å². The Balaban J connectivity index is 1.77. The topological polar surface area (TPSA) is 50.4 Å². The third-order valence-corrected chi connectivity index (χ3v) is 4.32. The van der Waals surface area contributed by atoms with E-state index < -0.39 is 0 Å². The summed E-state index contributed by atoms with van der Waals surface area (Å²) in [5.74, 6) is 1.66. The van der Waals surface area contributed by atoms with E-state index in [9.17, 15) is 4.79 Å². The molecule has 1 aromatic carbocycles. The van der Waals surface area contributed by atoms with Gasteiger partial charge in [0.25, 0.3) is 0 Å². The standard InChI is InChI=1S/C19H30N2O2/c1-14(2)10-12-23-18-8-6-16(7-9-18)15(3)21-19(22)13-17-5-4-11-20-17/h6-9,14-15,17,20H,4-5,10-13H2,1-3H3,(H,21,22). The third kappa shape index (κ3) is 6.22. The molecule has 0 bridgehead atoms. The van der Waals surface area contributed by atoms with Crippen LogP contribution in [0.5, 0.6) is 5.75 Å². The predicted octanol–water partition coefficient (Wildman–Crippen LogP) is 3.43. The molecule has 0 spiro atoms. The molecule has 1 heterocycles. The summed E-state index contributed by atoms with van der Waals surface area (Å²) >= 11 is 0. The Morgan fingerprint density at radius 2 is 2.04 bits per heavy atom. The molecule has 128 valence electrons. The minimum absolute atomic E-state index is 0.0219. The lowest BCUT2D eigenvalue weighted by Crippen LogP contribution is -2.33. The molecule has 1 aromatic rings. The van der Waals surface area contributed by atoms with E-state index in [1.807, 2.05) is 31.2 Å². The number of carbonyl (C=O) groups excluding carboxylic acids is 1. The van der Waals surface area contributed by atoms with Gasteiger partial charge in [-0.15, -0.1) is 0 Å². The lowest BCUT2D eigenvalue weighted by atomic mass is 10.1. The van der Waals surface area contributed by atoms with Gasteiger partial charge in [-0.05, 0) is 56.3 Å². The first-order valence-corrected chi connectivity index (χ1v) is 8.80. The van der Waals surface area contributed by atoms with E-state index >= 15 is 0 Å². The fourth-order valence-corrected chi connectivity index (χ4v) is 2.80. The highest BCUT2D eigenvalue weighted by Gasteiger charge is 2.18. The molecule has 0 aliphatic carbocycles. The number of nitrogens with one attached hydrogen (secondary N) is 2. The van der Waals surface area contributed by atoms with Gasteiger partial charge in [0.2, 0.25) is 5.91 Å². The van der Waals surface area contributed by atoms with Crippen LogP contribution in [0.1, 0.15) is 58.1 Å². The Kier molecular flexibility index (Phi) is 6.90. The number of benzene rings is 1. The Labute approximate surface area is 140 Å². The molecular weight excluding hydrogens is 288 g/mol. The highest BCUT2D eigenvalue weighted by Crippen LogP contribution is 2.19. The van der Waals surface area contributed by atoms with Gasteiger partial charge in [-0.1, -0.05) is 26.0 Å². The van der Waals surface area contributed by atoms with Crippen molar-refractivity contribution in [3.05, 3.63) is 29.8 Å². The van der Waals surface area contributed by atoms with Gasteiger partial charge in [0, 0.05) is 12.5 Å². The molecule has 1 aliphatic rings. The van der Waals surface area contributed by atoms with Gasteiger partial charge >= 0.3 is 0 Å². The monoisotopic (exact) mass is 318 g/mol. The van der Waals surface area contributed by atoms with E-state index in [1.165, 1.54) is 6.42 Å². The lowest BCUT2D eigenvalue weighted by molar-refractivity contribution is -0.122. The Morgan fingerprint density at radius 3 is 2.65 bits per heavy atom. The highest BCUT2D eigenvalue weighted by molar-refractivity contribution is 5.77. The smallest absolute Gasteiger partial charge is 0.222 e. The number of hydrogen-bond donors (Lipinski definition) is 2. The van der Waals surface area contributed by atoms with Gasteiger partial charge in [0.15, 0.2) is 0 Å². The zero-order chi connectivity index (χ0) is 16.7. The Hall–Kier alpha value is -1.55. The summed E-state index contributed by atoms with van der Waals surface area (Å²) < 4.78 is 5.73. The molecule has 0 saturated carbocycles. The summed E-state index contributed by atoms with van der Waals surface area (Å²) in [4.78, 5) is 12.1. The van der Waals surface area contributed by atoms with Crippen LogP contribution < -0.4 is 15.4 Å². The molecule has 0 aromatic heterocycles. The maximum absolute atomic E-state index is 12.1. The van der Waals surface area contributed by atoms with Crippen molar-refractivity contribution in [2.75, 3.05) is 13.2 Å². The van der Waals surface area contributed by atoms with Crippen molar-refractivity contribution in [2.24, 2.45) is 5.92 Å². The molecule has 0 radical (unpaired) electrons. The number of hydrogen-bond acceptors (Lipinski definition) is 3. The molecule has 2 rings (SSSR count). The molecule has 1 amide bonds. The van der Waals surface area contributed by atoms with Gasteiger partial charge in [0.1, 0.15) is 5.75 Å². The van der Waals surface area contributed by atoms with Crippen molar-refractivity contribution < 1.29 is 9.53 Å². The van der Waals surface area contributed by atoms with E-state index in [0.717, 1.165) is 37.3 Å². The van der Waals surface area contributed by atoms with Crippen molar-refractivity contribution in [3.63, 3.8) is 0 Å². The maximum atomic E-state index is 12.1. The quantitative estimate of drug-likeness (QED) is 0.772. The number of rotatable bonds is 8. The average Bonchev–Trinajstić information content (AvgIpc) is 3.00. The predicted molar refractivity (Wildman–Crippen MR) is 93.6 cm³/mol. The zero-order valence-electron chi connectivity index (χ0n) is 14.6. The molecule has 1 aliphatic heterocycles. The minimum Gasteiger partial charge on any atom is -0.494 e. The first kappa shape index (κ1) is 17.8. The SMILES string of the molecule is CC(C)CCOc1ccc(C(C)NC(=O)CC2CCCN2)cc1. The lowest BCUT2D eigenvalue weighted by Gasteiger charge is -2.17. The molecule has 2 atom stereocenters. The van der Waals surface area contributed by atoms with E-state index in [2.05, 4.69) is 24.5 Å². The van der Waals surface area contributed by atoms with Crippen LogP contribution in [-0.2, 0) is 4.79 Å². The van der Waals surface area contributed by atoms with Crippen LogP contribution >= 0.6 is 0 Å². The van der Waals surface area contributed by atoms with Crippen molar-refractivity contribution in [1.82, 2.24) is 10.6 Å². The Bertz CT molecular complexity index is 479. The second-order valence-corrected chi connectivity index (χ2v) is 6.89. The first-order chi connectivity index (χ1) is 11.0. The van der Waals surface area contributed by atoms with E-state index in [4.69, 9.17) is 4.74 Å². The molecule has 2 N–H and O–H groups in total. The first-order valence-electron chi connectivity index (χ1n) is 8.80. The summed E-state index contributed by atoms with van der Waals surface area (Å²) in [5, 5.41) is 6.44. The summed E-state index contributed by atoms with van der Waals surface area (Å²) in [7, 11) is 0. The fourth-order valence-electron chi connectivity index (χ4n) is 2.80. The van der Waals surface area contributed by atoms with Gasteiger partial charge in [-0.25, -0.2) is 0 Å². The van der Waals surface area contributed by atoms with E-state index in [0.29, 0.717) is 18.4 Å². The van der Waals surface area contributed by atoms with Crippen molar-refractivity contribution in [1.29, 1.82) is 0 Å². The third-order valence-electron chi connectivity index (χ3n) is 4.32. The van der Waals surface area contributed by atoms with Crippen molar-refractivity contribution in [3.8, 4) is 5.75 Å². The molecular formula is C19H30N2O2. The van der Waals surface area contributed by atoms with Crippen LogP contribution in [0, 0.1) is 5.92 Å². The summed E-state index contributed by atoms with van der Waals surface area (Å²) in [6, 6.07) is 8.40. The van der Waals surface area contributed by atoms with Gasteiger partial charge in [-0.2, -0.15) is 0 Å². The second kappa shape index (κ2) is 8.92. The highest BCUT2D eigenvalue weighted by atomic mass is 16.5. The average molecular weight is 318 g/mol. The van der Waals surface area contributed by atoms with Gasteiger partial charge in [-0.3, -0.25) is 4.79 Å². The van der Waals surface area contributed by atoms with E-state index in [-0.39, 0.29) is 11.9 Å². The largest absolute Gasteiger partial charge is 0.494 e. The molecule has 1 saturated heterocycles. The van der Waals surface area contributed by atoms with Crippen LogP contribution in [0.3, 0.4) is 0 Å². The Morgan fingerprint density at radius 1 is 1.30 bits per heavy atom. The zero-order valence-corrected chi connectivity index (χ0v) is 14.6. The van der Waals surface area contributed by atoms with Gasteiger partial charge in [0.05, 0.1) is 12.6 Å². The minimum atomic E-state index is 0.0219. The van der Waals surface area contributed by atoms with Crippen LogP contribution in [-0.4, -0.2) is 25.1 Å². The van der Waals surface area contributed by atoms with Crippen LogP contribution in [0.25, 0.3) is 0 Å². The summed E-state index contributed by atoms with van der Waals surface area (Å²) in [6.07, 6.45) is 3.90. The van der Waals surface area contributed by atoms with Crippen molar-refractivity contribution >= 4 is 5.91 Å². The van der Waals surface area contributed by atoms with Gasteiger partial charge < -0.3 is 15.4 Å². The normalized spacial score (nSPS) is 18.9. The molecule has 1 fully saturated rings. The summed E-state index contributed by atoms with van der Waals surface area (Å²) in [6.45, 7) is 8.19. The van der Waals surface area contributed by atoms with Crippen molar-refractivity contribution in [2.45, 2.75) is 58.5 Å². The number of ether oxygens (including phenoxy) is 1. The van der Waals surface area contributed by atoms with E-state index in [1.54, 1.807) is 0 Å². The summed E-state index contributed by atoms with van der Waals surface area (Å²) in [5.41, 5.74) is 1.11. The fraction of sp³-hybridized carbons (Fsp3) is 0.632. The number of carbonyl (C=O) groups is 1. The van der Waals surface area contributed by atoms with Crippen LogP contribution in [0.15, 0.2) is 24.3 Å². The molecule has 4 nitrogen and oxygen atoms in total. The molecule has 4 heteroatoms. The molecule has 23 heavy (non-hydrogen) atoms. The number of amides is 1. The molecule has 2 unspecified atom stereocenters. The maximum Gasteiger partial charge on any atom is 0.222 e. The van der Waals surface area contributed by atoms with Crippen LogP contribution in [0.2, 0.25) is 0 Å². The second-order valence-electron chi connectivity index (χ2n) is 6.89.